The highest BCUT2D eigenvalue weighted by Crippen LogP contribution is 2.02. The first-order chi connectivity index (χ1) is 5.68. The fraction of sp³-hybridized carbons (Fsp3) is 0.167. The monoisotopic (exact) mass is 167 g/mol. The van der Waals surface area contributed by atoms with Gasteiger partial charge in [-0.25, -0.2) is 10.7 Å². The van der Waals surface area contributed by atoms with Crippen LogP contribution in [-0.2, 0) is 0 Å². The summed E-state index contributed by atoms with van der Waals surface area (Å²) >= 11 is 0. The van der Waals surface area contributed by atoms with Gasteiger partial charge in [0, 0.05) is 0 Å². The van der Waals surface area contributed by atoms with E-state index in [4.69, 9.17) is 17.3 Å². The molecule has 6 nitrogen and oxygen atoms in total. The largest absolute Gasteiger partial charge is 0.379 e. The normalized spacial score (nSPS) is 27.6. The fourth-order valence-electron chi connectivity index (χ4n) is 1.31. The second-order valence-corrected chi connectivity index (χ2v) is 2.76. The van der Waals surface area contributed by atoms with Gasteiger partial charge in [0.1, 0.15) is 12.7 Å². The molecule has 1 atom stereocenters. The summed E-state index contributed by atoms with van der Waals surface area (Å²) in [4.78, 5) is 4.85. The van der Waals surface area contributed by atoms with Gasteiger partial charge in [-0.3, -0.25) is 0 Å². The molecule has 0 fully saturated rings. The molecule has 2 heterocycles. The Morgan fingerprint density at radius 2 is 2.25 bits per heavy atom. The zero-order chi connectivity index (χ0) is 8.72. The van der Waals surface area contributed by atoms with E-state index in [1.807, 2.05) is 6.20 Å². The van der Waals surface area contributed by atoms with Crippen molar-refractivity contribution in [1.29, 1.82) is 0 Å². The molecule has 0 aromatic carbocycles. The molecule has 2 aliphatic heterocycles. The molecule has 2 aliphatic rings. The molecular formula is C6H11N6+. The number of nitrogens with one attached hydrogen (secondary N) is 1. The highest BCUT2D eigenvalue weighted by Gasteiger charge is 2.31. The number of hydrogen-bond acceptors (Lipinski definition) is 5. The zero-order valence-electron chi connectivity index (χ0n) is 6.49. The zero-order valence-corrected chi connectivity index (χ0v) is 6.49. The average Bonchev–Trinajstić information content (AvgIpc) is 2.28. The minimum atomic E-state index is 0.474. The lowest BCUT2D eigenvalue weighted by Crippen LogP contribution is -3.10. The SMILES string of the molecule is NC1=NC(N)=C2CN(N)C=C[NH+]12. The van der Waals surface area contributed by atoms with E-state index in [0.717, 1.165) is 10.6 Å². The molecule has 0 radical (unpaired) electrons. The van der Waals surface area contributed by atoms with E-state index in [1.165, 1.54) is 0 Å². The first-order valence-corrected chi connectivity index (χ1v) is 3.58. The van der Waals surface area contributed by atoms with E-state index in [1.54, 1.807) is 11.2 Å². The van der Waals surface area contributed by atoms with Gasteiger partial charge >= 0.3 is 5.96 Å². The Kier molecular flexibility index (Phi) is 1.32. The fourth-order valence-corrected chi connectivity index (χ4v) is 1.31. The Morgan fingerprint density at radius 3 is 3.00 bits per heavy atom. The number of rotatable bonds is 0. The van der Waals surface area contributed by atoms with Crippen molar-refractivity contribution in [3.05, 3.63) is 23.9 Å². The summed E-state index contributed by atoms with van der Waals surface area (Å²) in [5.41, 5.74) is 12.1. The van der Waals surface area contributed by atoms with Gasteiger partial charge in [-0.05, 0) is 0 Å². The van der Waals surface area contributed by atoms with E-state index in [-0.39, 0.29) is 0 Å². The minimum absolute atomic E-state index is 0.474. The van der Waals surface area contributed by atoms with Crippen LogP contribution in [0.4, 0.5) is 0 Å². The van der Waals surface area contributed by atoms with Crippen molar-refractivity contribution in [3.8, 4) is 0 Å². The maximum Gasteiger partial charge on any atom is 0.310 e. The Morgan fingerprint density at radius 1 is 1.50 bits per heavy atom. The summed E-state index contributed by atoms with van der Waals surface area (Å²) in [5.74, 6) is 6.50. The van der Waals surface area contributed by atoms with Crippen molar-refractivity contribution >= 4 is 5.96 Å². The van der Waals surface area contributed by atoms with Crippen molar-refractivity contribution < 1.29 is 4.90 Å². The van der Waals surface area contributed by atoms with Crippen LogP contribution in [0.15, 0.2) is 28.9 Å². The number of nitrogens with two attached hydrogens (primary N) is 3. The number of hydrazine groups is 1. The van der Waals surface area contributed by atoms with Gasteiger partial charge in [0.25, 0.3) is 0 Å². The highest BCUT2D eigenvalue weighted by atomic mass is 15.4. The molecule has 1 unspecified atom stereocenters. The van der Waals surface area contributed by atoms with Crippen molar-refractivity contribution in [3.63, 3.8) is 0 Å². The molecule has 0 saturated carbocycles. The Bertz CT molecular complexity index is 301. The number of quaternary nitrogens is 1. The third-order valence-corrected chi connectivity index (χ3v) is 1.92. The Hall–Kier alpha value is -1.53. The highest BCUT2D eigenvalue weighted by molar-refractivity contribution is 5.73. The van der Waals surface area contributed by atoms with Crippen LogP contribution in [0.2, 0.25) is 0 Å². The van der Waals surface area contributed by atoms with Crippen LogP contribution in [-0.4, -0.2) is 17.5 Å². The van der Waals surface area contributed by atoms with Crippen LogP contribution in [0.5, 0.6) is 0 Å². The predicted octanol–water partition coefficient (Wildman–Crippen LogP) is -3.01. The van der Waals surface area contributed by atoms with Crippen LogP contribution in [0.25, 0.3) is 0 Å². The molecule has 0 aliphatic carbocycles. The summed E-state index contributed by atoms with van der Waals surface area (Å²) in [6.45, 7) is 0.571. The molecular weight excluding hydrogens is 156 g/mol. The quantitative estimate of drug-likeness (QED) is 0.289. The Labute approximate surface area is 69.6 Å². The second kappa shape index (κ2) is 2.23. The lowest BCUT2D eigenvalue weighted by Gasteiger charge is -2.21. The van der Waals surface area contributed by atoms with Crippen molar-refractivity contribution in [1.82, 2.24) is 5.01 Å². The van der Waals surface area contributed by atoms with Crippen molar-refractivity contribution in [2.24, 2.45) is 22.3 Å². The molecule has 0 spiro atoms. The van der Waals surface area contributed by atoms with Crippen molar-refractivity contribution in [2.45, 2.75) is 0 Å². The predicted molar refractivity (Wildman–Crippen MR) is 43.8 cm³/mol. The van der Waals surface area contributed by atoms with Crippen LogP contribution in [0, 0.1) is 0 Å². The van der Waals surface area contributed by atoms with E-state index in [9.17, 15) is 0 Å². The summed E-state index contributed by atoms with van der Waals surface area (Å²) in [5, 5.41) is 1.54. The minimum Gasteiger partial charge on any atom is -0.379 e. The molecule has 64 valence electrons. The number of nitrogens with zero attached hydrogens (tertiary/aromatic N) is 2. The molecule has 0 amide bonds. The first-order valence-electron chi connectivity index (χ1n) is 3.58. The first kappa shape index (κ1) is 7.14. The van der Waals surface area contributed by atoms with Crippen LogP contribution < -0.4 is 22.2 Å². The molecule has 0 aromatic heterocycles. The third-order valence-electron chi connectivity index (χ3n) is 1.92. The average molecular weight is 167 g/mol. The lowest BCUT2D eigenvalue weighted by molar-refractivity contribution is -0.704. The molecule has 0 aromatic rings. The van der Waals surface area contributed by atoms with Gasteiger partial charge in [0.15, 0.2) is 11.5 Å². The summed E-state index contributed by atoms with van der Waals surface area (Å²) in [6, 6.07) is 0. The molecule has 6 heteroatoms. The number of fused-ring (bicyclic) bond motifs is 1. The standard InChI is InChI=1S/C6H10N6/c7-5-4-3-11(9)1-2-12(4)6(8)10-5/h1-2H,3,7,9H2,(H2,8,10)/p+1. The maximum atomic E-state index is 5.62. The van der Waals surface area contributed by atoms with Crippen LogP contribution >= 0.6 is 0 Å². The summed E-state index contributed by atoms with van der Waals surface area (Å²) < 4.78 is 0. The molecule has 12 heavy (non-hydrogen) atoms. The Balaban J connectivity index is 2.37. The maximum absolute atomic E-state index is 5.62. The second-order valence-electron chi connectivity index (χ2n) is 2.76. The third kappa shape index (κ3) is 0.858. The van der Waals surface area contributed by atoms with E-state index in [0.29, 0.717) is 18.3 Å². The van der Waals surface area contributed by atoms with Crippen molar-refractivity contribution in [2.75, 3.05) is 6.54 Å². The van der Waals surface area contributed by atoms with Gasteiger partial charge in [0.05, 0.1) is 6.20 Å². The lowest BCUT2D eigenvalue weighted by atomic mass is 10.3. The molecule has 7 N–H and O–H groups in total. The summed E-state index contributed by atoms with van der Waals surface area (Å²) in [7, 11) is 0. The number of guanidine groups is 1. The number of aliphatic imine (C=N–C) groups is 1. The topological polar surface area (TPSA) is 98.1 Å². The van der Waals surface area contributed by atoms with Gasteiger partial charge in [-0.15, -0.1) is 0 Å². The van der Waals surface area contributed by atoms with Crippen LogP contribution in [0.3, 0.4) is 0 Å². The molecule has 0 saturated heterocycles. The molecule has 0 bridgehead atoms. The van der Waals surface area contributed by atoms with Gasteiger partial charge in [-0.2, -0.15) is 4.99 Å². The van der Waals surface area contributed by atoms with Gasteiger partial charge < -0.3 is 16.5 Å². The summed E-state index contributed by atoms with van der Waals surface area (Å²) in [6.07, 6.45) is 3.57. The molecule has 2 rings (SSSR count). The number of hydrogen-bond donors (Lipinski definition) is 4. The van der Waals surface area contributed by atoms with Crippen LogP contribution in [0.1, 0.15) is 0 Å². The smallest absolute Gasteiger partial charge is 0.310 e. The van der Waals surface area contributed by atoms with E-state index < -0.39 is 0 Å². The van der Waals surface area contributed by atoms with E-state index in [2.05, 4.69) is 4.99 Å². The van der Waals surface area contributed by atoms with Gasteiger partial charge in [0.2, 0.25) is 0 Å². The van der Waals surface area contributed by atoms with Gasteiger partial charge in [-0.1, -0.05) is 0 Å². The van der Waals surface area contributed by atoms with E-state index >= 15 is 0 Å².